The molecule has 3 rings (SSSR count). The van der Waals surface area contributed by atoms with E-state index in [0.29, 0.717) is 25.1 Å². The maximum Gasteiger partial charge on any atom is 0.246 e. The molecule has 124 valence electrons. The molecule has 0 saturated carbocycles. The summed E-state index contributed by atoms with van der Waals surface area (Å²) in [7, 11) is -3.58. The number of halogens is 1. The second kappa shape index (κ2) is 6.05. The average Bonchev–Trinajstić information content (AvgIpc) is 3.18. The van der Waals surface area contributed by atoms with Gasteiger partial charge >= 0.3 is 0 Å². The second-order valence-corrected chi connectivity index (χ2v) is 8.06. The Balaban J connectivity index is 1.81. The summed E-state index contributed by atoms with van der Waals surface area (Å²) >= 11 is 0. The lowest BCUT2D eigenvalue weighted by atomic mass is 9.98. The molecule has 1 fully saturated rings. The first-order valence-corrected chi connectivity index (χ1v) is 9.12. The van der Waals surface area contributed by atoms with Crippen LogP contribution in [0.2, 0.25) is 0 Å². The zero-order chi connectivity index (χ0) is 16.6. The van der Waals surface area contributed by atoms with E-state index in [1.165, 1.54) is 16.6 Å². The predicted octanol–water partition coefficient (Wildman–Crippen LogP) is 2.78. The third-order valence-electron chi connectivity index (χ3n) is 4.24. The molecule has 0 bridgehead atoms. The minimum atomic E-state index is -3.58. The fourth-order valence-electron chi connectivity index (χ4n) is 2.89. The molecule has 0 amide bonds. The Kier molecular flexibility index (Phi) is 4.25. The molecule has 1 atom stereocenters. The van der Waals surface area contributed by atoms with E-state index in [9.17, 15) is 12.8 Å². The van der Waals surface area contributed by atoms with E-state index in [1.54, 1.807) is 29.1 Å². The van der Waals surface area contributed by atoms with E-state index in [0.717, 1.165) is 0 Å². The van der Waals surface area contributed by atoms with E-state index >= 15 is 0 Å². The molecule has 0 spiro atoms. The van der Waals surface area contributed by atoms with E-state index in [4.69, 9.17) is 0 Å². The van der Waals surface area contributed by atoms with Gasteiger partial charge in [0.2, 0.25) is 10.0 Å². The zero-order valence-corrected chi connectivity index (χ0v) is 14.0. The van der Waals surface area contributed by atoms with Gasteiger partial charge in [0.15, 0.2) is 0 Å². The van der Waals surface area contributed by atoms with Crippen molar-refractivity contribution in [1.29, 1.82) is 0 Å². The topological polar surface area (TPSA) is 55.2 Å². The molecule has 7 heteroatoms. The van der Waals surface area contributed by atoms with E-state index in [1.807, 2.05) is 13.8 Å². The van der Waals surface area contributed by atoms with Crippen LogP contribution in [0.3, 0.4) is 0 Å². The lowest BCUT2D eigenvalue weighted by Gasteiger charge is -2.16. The predicted molar refractivity (Wildman–Crippen MR) is 85.1 cm³/mol. The van der Waals surface area contributed by atoms with Crippen LogP contribution in [-0.4, -0.2) is 35.6 Å². The fourth-order valence-corrected chi connectivity index (χ4v) is 4.33. The number of sulfonamides is 1. The maximum absolute atomic E-state index is 13.9. The lowest BCUT2D eigenvalue weighted by molar-refractivity contribution is 0.470. The van der Waals surface area contributed by atoms with Crippen molar-refractivity contribution >= 4 is 10.0 Å². The fraction of sp³-hybridized carbons (Fsp3) is 0.438. The minimum absolute atomic E-state index is 0.101. The number of hydrogen-bond acceptors (Lipinski definition) is 3. The van der Waals surface area contributed by atoms with Crippen LogP contribution in [0.25, 0.3) is 0 Å². The summed E-state index contributed by atoms with van der Waals surface area (Å²) in [6, 6.07) is 6.67. The van der Waals surface area contributed by atoms with Gasteiger partial charge in [0.25, 0.3) is 0 Å². The van der Waals surface area contributed by atoms with Crippen molar-refractivity contribution in [3.63, 3.8) is 0 Å². The van der Waals surface area contributed by atoms with Crippen molar-refractivity contribution in [3.05, 3.63) is 48.0 Å². The number of hydrogen-bond donors (Lipinski definition) is 0. The van der Waals surface area contributed by atoms with Gasteiger partial charge in [-0.15, -0.1) is 0 Å². The largest absolute Gasteiger partial charge is 0.269 e. The minimum Gasteiger partial charge on any atom is -0.269 e. The molecule has 1 aromatic carbocycles. The van der Waals surface area contributed by atoms with E-state index in [-0.39, 0.29) is 22.7 Å². The highest BCUT2D eigenvalue weighted by Gasteiger charge is 2.34. The summed E-state index contributed by atoms with van der Waals surface area (Å²) in [5.41, 5.74) is 0.586. The zero-order valence-electron chi connectivity index (χ0n) is 13.2. The van der Waals surface area contributed by atoms with Crippen molar-refractivity contribution in [2.24, 2.45) is 0 Å². The third-order valence-corrected chi connectivity index (χ3v) is 6.06. The Morgan fingerprint density at radius 2 is 2.04 bits per heavy atom. The monoisotopic (exact) mass is 337 g/mol. The Morgan fingerprint density at radius 1 is 1.30 bits per heavy atom. The van der Waals surface area contributed by atoms with Gasteiger partial charge in [0.1, 0.15) is 10.7 Å². The molecule has 23 heavy (non-hydrogen) atoms. The average molecular weight is 337 g/mol. The van der Waals surface area contributed by atoms with Gasteiger partial charge in [-0.3, -0.25) is 4.68 Å². The van der Waals surface area contributed by atoms with Crippen molar-refractivity contribution in [2.75, 3.05) is 13.1 Å². The Hall–Kier alpha value is -1.73. The molecule has 2 aromatic rings. The first-order valence-electron chi connectivity index (χ1n) is 7.68. The van der Waals surface area contributed by atoms with Crippen LogP contribution in [0.1, 0.15) is 37.8 Å². The lowest BCUT2D eigenvalue weighted by Crippen LogP contribution is -2.28. The summed E-state index contributed by atoms with van der Waals surface area (Å²) in [4.78, 5) is 0.195. The third kappa shape index (κ3) is 3.03. The Bertz CT molecular complexity index is 801. The SMILES string of the molecule is CC(C)n1cc(S(=O)(=O)N2CC[C@@H](c3ccccc3F)C2)cn1. The summed E-state index contributed by atoms with van der Waals surface area (Å²) < 4.78 is 42.4. The summed E-state index contributed by atoms with van der Waals surface area (Å²) in [6.45, 7) is 4.57. The van der Waals surface area contributed by atoms with Crippen molar-refractivity contribution in [2.45, 2.75) is 37.1 Å². The van der Waals surface area contributed by atoms with Crippen LogP contribution in [0.5, 0.6) is 0 Å². The van der Waals surface area contributed by atoms with Gasteiger partial charge in [0, 0.05) is 31.2 Å². The van der Waals surface area contributed by atoms with Gasteiger partial charge in [-0.2, -0.15) is 9.40 Å². The smallest absolute Gasteiger partial charge is 0.246 e. The van der Waals surface area contributed by atoms with Crippen LogP contribution in [0, 0.1) is 5.82 Å². The van der Waals surface area contributed by atoms with Gasteiger partial charge in [-0.1, -0.05) is 18.2 Å². The van der Waals surface area contributed by atoms with E-state index in [2.05, 4.69) is 5.10 Å². The van der Waals surface area contributed by atoms with E-state index < -0.39 is 10.0 Å². The van der Waals surface area contributed by atoms with Crippen LogP contribution < -0.4 is 0 Å². The van der Waals surface area contributed by atoms with Crippen molar-refractivity contribution in [3.8, 4) is 0 Å². The molecule has 0 aliphatic carbocycles. The van der Waals surface area contributed by atoms with Crippen molar-refractivity contribution < 1.29 is 12.8 Å². The molecule has 1 aliphatic rings. The molecule has 0 N–H and O–H groups in total. The molecule has 5 nitrogen and oxygen atoms in total. The number of nitrogens with zero attached hydrogens (tertiary/aromatic N) is 3. The van der Waals surface area contributed by atoms with Crippen LogP contribution >= 0.6 is 0 Å². The second-order valence-electron chi connectivity index (χ2n) is 6.12. The number of benzene rings is 1. The van der Waals surface area contributed by atoms with Gasteiger partial charge < -0.3 is 0 Å². The van der Waals surface area contributed by atoms with Gasteiger partial charge in [-0.05, 0) is 31.9 Å². The summed E-state index contributed by atoms with van der Waals surface area (Å²) in [6.07, 6.45) is 3.56. The van der Waals surface area contributed by atoms with Crippen LogP contribution in [0.15, 0.2) is 41.6 Å². The molecular weight excluding hydrogens is 317 g/mol. The first-order chi connectivity index (χ1) is 10.9. The van der Waals surface area contributed by atoms with Crippen LogP contribution in [-0.2, 0) is 10.0 Å². The highest BCUT2D eigenvalue weighted by Crippen LogP contribution is 2.32. The maximum atomic E-state index is 13.9. The molecule has 0 radical (unpaired) electrons. The summed E-state index contributed by atoms with van der Waals surface area (Å²) in [5.74, 6) is -0.379. The van der Waals surface area contributed by atoms with Crippen molar-refractivity contribution in [1.82, 2.24) is 14.1 Å². The van der Waals surface area contributed by atoms with Gasteiger partial charge in [0.05, 0.1) is 6.20 Å². The van der Waals surface area contributed by atoms with Gasteiger partial charge in [-0.25, -0.2) is 12.8 Å². The molecular formula is C16H20FN3O2S. The Morgan fingerprint density at radius 3 is 2.70 bits per heavy atom. The molecule has 1 aliphatic heterocycles. The quantitative estimate of drug-likeness (QED) is 0.862. The first kappa shape index (κ1) is 16.1. The molecule has 2 heterocycles. The number of aromatic nitrogens is 2. The highest BCUT2D eigenvalue weighted by atomic mass is 32.2. The van der Waals surface area contributed by atoms with Crippen LogP contribution in [0.4, 0.5) is 4.39 Å². The Labute approximate surface area is 135 Å². The highest BCUT2D eigenvalue weighted by molar-refractivity contribution is 7.89. The standard InChI is InChI=1S/C16H20FN3O2S/c1-12(2)20-11-14(9-18-20)23(21,22)19-8-7-13(10-19)15-5-3-4-6-16(15)17/h3-6,9,11-13H,7-8,10H2,1-2H3/t13-/m1/s1. The normalized spacial score (nSPS) is 19.6. The molecule has 1 aromatic heterocycles. The molecule has 1 saturated heterocycles. The number of rotatable bonds is 4. The molecule has 0 unspecified atom stereocenters. The summed E-state index contributed by atoms with van der Waals surface area (Å²) in [5, 5.41) is 4.10.